The zero-order valence-corrected chi connectivity index (χ0v) is 11.3. The highest BCUT2D eigenvalue weighted by molar-refractivity contribution is 5.56. The van der Waals surface area contributed by atoms with E-state index in [1.54, 1.807) is 13.2 Å². The van der Waals surface area contributed by atoms with Crippen molar-refractivity contribution in [2.75, 3.05) is 32.2 Å². The second-order valence-electron chi connectivity index (χ2n) is 4.03. The van der Waals surface area contributed by atoms with E-state index >= 15 is 0 Å². The van der Waals surface area contributed by atoms with Gasteiger partial charge in [-0.25, -0.2) is 0 Å². The first-order valence-corrected chi connectivity index (χ1v) is 6.32. The minimum atomic E-state index is -0.418. The molecule has 0 aliphatic carbocycles. The Bertz CT molecular complexity index is 410. The Hall–Kier alpha value is -1.82. The second kappa shape index (κ2) is 8.31. The van der Waals surface area contributed by atoms with Gasteiger partial charge in [-0.2, -0.15) is 0 Å². The van der Waals surface area contributed by atoms with Gasteiger partial charge in [0.05, 0.1) is 17.6 Å². The van der Waals surface area contributed by atoms with E-state index in [2.05, 4.69) is 5.32 Å². The van der Waals surface area contributed by atoms with Gasteiger partial charge >= 0.3 is 0 Å². The van der Waals surface area contributed by atoms with E-state index in [0.29, 0.717) is 18.0 Å². The lowest BCUT2D eigenvalue weighted by Crippen LogP contribution is -2.04. The summed E-state index contributed by atoms with van der Waals surface area (Å²) in [7, 11) is 1.67. The fourth-order valence-corrected chi connectivity index (χ4v) is 1.64. The minimum Gasteiger partial charge on any atom is -0.494 e. The van der Waals surface area contributed by atoms with E-state index in [9.17, 15) is 10.1 Å². The third kappa shape index (κ3) is 5.56. The lowest BCUT2D eigenvalue weighted by atomic mass is 10.2. The minimum absolute atomic E-state index is 0.0327. The van der Waals surface area contributed by atoms with Gasteiger partial charge in [0.1, 0.15) is 5.75 Å². The van der Waals surface area contributed by atoms with Crippen molar-refractivity contribution in [3.63, 3.8) is 0 Å². The van der Waals surface area contributed by atoms with Crippen LogP contribution in [0.15, 0.2) is 18.2 Å². The first-order chi connectivity index (χ1) is 9.17. The molecule has 0 aliphatic rings. The van der Waals surface area contributed by atoms with Crippen molar-refractivity contribution in [1.29, 1.82) is 0 Å². The first kappa shape index (κ1) is 15.2. The van der Waals surface area contributed by atoms with Gasteiger partial charge in [0.25, 0.3) is 5.69 Å². The molecule has 6 nitrogen and oxygen atoms in total. The molecule has 1 aromatic carbocycles. The van der Waals surface area contributed by atoms with E-state index < -0.39 is 4.92 Å². The molecule has 0 aliphatic heterocycles. The summed E-state index contributed by atoms with van der Waals surface area (Å²) in [5.74, 6) is 0.510. The molecule has 0 atom stereocenters. The molecule has 0 radical (unpaired) electrons. The summed E-state index contributed by atoms with van der Waals surface area (Å²) in [4.78, 5) is 10.4. The van der Waals surface area contributed by atoms with E-state index in [-0.39, 0.29) is 5.69 Å². The number of hydrogen-bond donors (Lipinski definition) is 1. The van der Waals surface area contributed by atoms with Crippen LogP contribution in [-0.4, -0.2) is 31.8 Å². The zero-order valence-electron chi connectivity index (χ0n) is 11.3. The van der Waals surface area contributed by atoms with Crippen molar-refractivity contribution in [1.82, 2.24) is 0 Å². The SMILES string of the molecule is CCOc1cc(NCCCCOC)cc([N+](=O)[O-])c1. The summed E-state index contributed by atoms with van der Waals surface area (Å²) in [5, 5.41) is 14.0. The van der Waals surface area contributed by atoms with Crippen molar-refractivity contribution in [2.24, 2.45) is 0 Å². The summed E-state index contributed by atoms with van der Waals surface area (Å²) in [6.45, 7) is 3.79. The van der Waals surface area contributed by atoms with Crippen LogP contribution in [0.25, 0.3) is 0 Å². The number of anilines is 1. The Balaban J connectivity index is 2.62. The van der Waals surface area contributed by atoms with Gasteiger partial charge in [-0.3, -0.25) is 10.1 Å². The number of nitro groups is 1. The van der Waals surface area contributed by atoms with E-state index in [0.717, 1.165) is 26.0 Å². The number of hydrogen-bond acceptors (Lipinski definition) is 5. The highest BCUT2D eigenvalue weighted by atomic mass is 16.6. The maximum Gasteiger partial charge on any atom is 0.275 e. The third-order valence-electron chi connectivity index (χ3n) is 2.52. The average molecular weight is 268 g/mol. The molecule has 19 heavy (non-hydrogen) atoms. The van der Waals surface area contributed by atoms with Crippen molar-refractivity contribution in [2.45, 2.75) is 19.8 Å². The van der Waals surface area contributed by atoms with Crippen LogP contribution in [0.1, 0.15) is 19.8 Å². The largest absolute Gasteiger partial charge is 0.494 e. The van der Waals surface area contributed by atoms with E-state index in [4.69, 9.17) is 9.47 Å². The Morgan fingerprint density at radius 2 is 2.11 bits per heavy atom. The predicted octanol–water partition coefficient (Wildman–Crippen LogP) is 2.83. The molecule has 1 aromatic rings. The molecule has 1 N–H and O–H groups in total. The Morgan fingerprint density at radius 1 is 1.32 bits per heavy atom. The molecule has 0 amide bonds. The zero-order chi connectivity index (χ0) is 14.1. The van der Waals surface area contributed by atoms with Crippen molar-refractivity contribution >= 4 is 11.4 Å². The van der Waals surface area contributed by atoms with Crippen LogP contribution in [0.5, 0.6) is 5.75 Å². The normalized spacial score (nSPS) is 10.2. The highest BCUT2D eigenvalue weighted by Crippen LogP contribution is 2.26. The predicted molar refractivity (Wildman–Crippen MR) is 73.9 cm³/mol. The second-order valence-corrected chi connectivity index (χ2v) is 4.03. The number of rotatable bonds is 9. The number of nitrogens with one attached hydrogen (secondary N) is 1. The molecule has 0 spiro atoms. The number of nitro benzene ring substituents is 1. The van der Waals surface area contributed by atoms with Crippen LogP contribution in [0.2, 0.25) is 0 Å². The molecule has 1 rings (SSSR count). The average Bonchev–Trinajstić information content (AvgIpc) is 2.38. The molecule has 0 saturated heterocycles. The topological polar surface area (TPSA) is 73.6 Å². The van der Waals surface area contributed by atoms with Gasteiger partial charge in [0, 0.05) is 38.1 Å². The maximum atomic E-state index is 10.8. The van der Waals surface area contributed by atoms with Crippen LogP contribution in [0.4, 0.5) is 11.4 Å². The van der Waals surface area contributed by atoms with Crippen LogP contribution in [0, 0.1) is 10.1 Å². The molecule has 0 saturated carbocycles. The molecule has 0 bridgehead atoms. The molecule has 0 aromatic heterocycles. The third-order valence-corrected chi connectivity index (χ3v) is 2.52. The lowest BCUT2D eigenvalue weighted by molar-refractivity contribution is -0.384. The Labute approximate surface area is 112 Å². The summed E-state index contributed by atoms with van der Waals surface area (Å²) in [6, 6.07) is 4.71. The Morgan fingerprint density at radius 3 is 2.74 bits per heavy atom. The number of benzene rings is 1. The molecular formula is C13H20N2O4. The maximum absolute atomic E-state index is 10.8. The molecule has 106 valence electrons. The number of ether oxygens (including phenoxy) is 2. The van der Waals surface area contributed by atoms with Crippen molar-refractivity contribution in [3.8, 4) is 5.75 Å². The first-order valence-electron chi connectivity index (χ1n) is 6.32. The van der Waals surface area contributed by atoms with E-state index in [1.807, 2.05) is 6.92 Å². The lowest BCUT2D eigenvalue weighted by Gasteiger charge is -2.09. The number of methoxy groups -OCH3 is 1. The monoisotopic (exact) mass is 268 g/mol. The standard InChI is InChI=1S/C13H20N2O4/c1-3-19-13-9-11(8-12(10-13)15(16)17)14-6-4-5-7-18-2/h8-10,14H,3-7H2,1-2H3. The van der Waals surface area contributed by atoms with Gasteiger partial charge in [0.2, 0.25) is 0 Å². The van der Waals surface area contributed by atoms with Crippen LogP contribution in [-0.2, 0) is 4.74 Å². The van der Waals surface area contributed by atoms with E-state index in [1.165, 1.54) is 12.1 Å². The number of nitrogens with zero attached hydrogens (tertiary/aromatic N) is 1. The van der Waals surface area contributed by atoms with Crippen molar-refractivity contribution in [3.05, 3.63) is 28.3 Å². The summed E-state index contributed by atoms with van der Waals surface area (Å²) < 4.78 is 10.3. The fourth-order valence-electron chi connectivity index (χ4n) is 1.64. The molecule has 6 heteroatoms. The van der Waals surface area contributed by atoms with Crippen LogP contribution < -0.4 is 10.1 Å². The van der Waals surface area contributed by atoms with Crippen molar-refractivity contribution < 1.29 is 14.4 Å². The summed E-state index contributed by atoms with van der Waals surface area (Å²) in [6.07, 6.45) is 1.90. The van der Waals surface area contributed by atoms with Gasteiger partial charge in [-0.05, 0) is 19.8 Å². The quantitative estimate of drug-likeness (QED) is 0.423. The number of unbranched alkanes of at least 4 members (excludes halogenated alkanes) is 1. The number of non-ortho nitro benzene ring substituents is 1. The molecular weight excluding hydrogens is 248 g/mol. The van der Waals surface area contributed by atoms with Crippen LogP contribution in [0.3, 0.4) is 0 Å². The summed E-state index contributed by atoms with van der Waals surface area (Å²) in [5.41, 5.74) is 0.736. The summed E-state index contributed by atoms with van der Waals surface area (Å²) >= 11 is 0. The molecule has 0 fully saturated rings. The molecule has 0 unspecified atom stereocenters. The Kier molecular flexibility index (Phi) is 6.67. The van der Waals surface area contributed by atoms with Gasteiger partial charge < -0.3 is 14.8 Å². The van der Waals surface area contributed by atoms with Gasteiger partial charge in [0.15, 0.2) is 0 Å². The fraction of sp³-hybridized carbons (Fsp3) is 0.538. The smallest absolute Gasteiger partial charge is 0.275 e. The van der Waals surface area contributed by atoms with Crippen LogP contribution >= 0.6 is 0 Å². The van der Waals surface area contributed by atoms with Gasteiger partial charge in [-0.15, -0.1) is 0 Å². The molecule has 0 heterocycles. The van der Waals surface area contributed by atoms with Gasteiger partial charge in [-0.1, -0.05) is 0 Å². The highest BCUT2D eigenvalue weighted by Gasteiger charge is 2.10.